The van der Waals surface area contributed by atoms with Crippen LogP contribution in [-0.4, -0.2) is 27.5 Å². The number of sulfonamides is 1. The second-order valence-electron chi connectivity index (χ2n) is 6.75. The first-order chi connectivity index (χ1) is 12.9. The lowest BCUT2D eigenvalue weighted by molar-refractivity contribution is 0.560. The van der Waals surface area contributed by atoms with Gasteiger partial charge in [-0.15, -0.1) is 24.0 Å². The summed E-state index contributed by atoms with van der Waals surface area (Å²) in [7, 11) is -3.46. The molecule has 2 aromatic carbocycles. The highest BCUT2D eigenvalue weighted by Gasteiger charge is 2.13. The van der Waals surface area contributed by atoms with E-state index in [4.69, 9.17) is 5.73 Å². The van der Waals surface area contributed by atoms with E-state index in [1.54, 1.807) is 24.3 Å². The number of nitrogens with one attached hydrogen (secondary N) is 2. The smallest absolute Gasteiger partial charge is 0.240 e. The van der Waals surface area contributed by atoms with Crippen molar-refractivity contribution in [2.45, 2.75) is 31.7 Å². The molecular weight excluding hydrogens is 487 g/mol. The van der Waals surface area contributed by atoms with Gasteiger partial charge < -0.3 is 11.1 Å². The predicted molar refractivity (Wildman–Crippen MR) is 125 cm³/mol. The van der Waals surface area contributed by atoms with Crippen LogP contribution < -0.4 is 15.8 Å². The number of hydrogen-bond acceptors (Lipinski definition) is 3. The van der Waals surface area contributed by atoms with Crippen molar-refractivity contribution in [3.63, 3.8) is 0 Å². The van der Waals surface area contributed by atoms with Gasteiger partial charge in [0.05, 0.1) is 11.4 Å². The Labute approximate surface area is 185 Å². The van der Waals surface area contributed by atoms with E-state index in [1.807, 2.05) is 32.0 Å². The summed E-state index contributed by atoms with van der Waals surface area (Å²) in [5.41, 5.74) is 8.02. The quantitative estimate of drug-likeness (QED) is 0.271. The Balaban J connectivity index is 0.00000392. The first-order valence-electron chi connectivity index (χ1n) is 9.03. The molecule has 2 aromatic rings. The van der Waals surface area contributed by atoms with Gasteiger partial charge in [0.25, 0.3) is 0 Å². The zero-order valence-corrected chi connectivity index (χ0v) is 19.4. The Hall–Kier alpha value is -1.65. The van der Waals surface area contributed by atoms with Crippen LogP contribution in [0.2, 0.25) is 0 Å². The Morgan fingerprint density at radius 3 is 2.29 bits per heavy atom. The average molecular weight is 516 g/mol. The summed E-state index contributed by atoms with van der Waals surface area (Å²) in [6.07, 6.45) is 0.868. The molecule has 0 saturated heterocycles. The van der Waals surface area contributed by atoms with Crippen molar-refractivity contribution in [2.24, 2.45) is 16.6 Å². The second kappa shape index (κ2) is 12.0. The monoisotopic (exact) mass is 516 g/mol. The number of hydrogen-bond donors (Lipinski definition) is 3. The maximum atomic E-state index is 12.2. The summed E-state index contributed by atoms with van der Waals surface area (Å²) >= 11 is 0. The molecule has 0 unspecified atom stereocenters. The van der Waals surface area contributed by atoms with E-state index in [9.17, 15) is 8.42 Å². The number of rotatable bonds is 9. The van der Waals surface area contributed by atoms with E-state index in [0.717, 1.165) is 12.0 Å². The van der Waals surface area contributed by atoms with Gasteiger partial charge in [0.2, 0.25) is 10.0 Å². The number of guanidine groups is 1. The van der Waals surface area contributed by atoms with Crippen LogP contribution in [0.15, 0.2) is 64.5 Å². The standard InChI is InChI=1S/C20H28N4O2S.HI/c1-16(2)14-24-27(25,26)19-10-8-18(9-11-19)15-23-20(21)22-13-12-17-6-4-3-5-7-17;/h3-11,16,24H,12-15H2,1-2H3,(H3,21,22,23);1H. The van der Waals surface area contributed by atoms with E-state index in [-0.39, 0.29) is 34.8 Å². The fourth-order valence-corrected chi connectivity index (χ4v) is 3.56. The molecule has 0 aliphatic heterocycles. The van der Waals surface area contributed by atoms with E-state index in [0.29, 0.717) is 25.6 Å². The number of halogens is 1. The van der Waals surface area contributed by atoms with E-state index in [1.165, 1.54) is 5.56 Å². The Morgan fingerprint density at radius 1 is 1.04 bits per heavy atom. The highest BCUT2D eigenvalue weighted by Crippen LogP contribution is 2.11. The van der Waals surface area contributed by atoms with Gasteiger partial charge in [-0.1, -0.05) is 56.3 Å². The van der Waals surface area contributed by atoms with Crippen LogP contribution in [0.1, 0.15) is 25.0 Å². The summed E-state index contributed by atoms with van der Waals surface area (Å²) in [6.45, 7) is 5.44. The van der Waals surface area contributed by atoms with Crippen molar-refractivity contribution >= 4 is 40.0 Å². The van der Waals surface area contributed by atoms with Gasteiger partial charge in [-0.2, -0.15) is 0 Å². The first kappa shape index (κ1) is 24.4. The fraction of sp³-hybridized carbons (Fsp3) is 0.350. The molecule has 0 aliphatic carbocycles. The molecular formula is C20H29IN4O2S. The fourth-order valence-electron chi connectivity index (χ4n) is 2.35. The van der Waals surface area contributed by atoms with E-state index < -0.39 is 10.0 Å². The molecule has 0 spiro atoms. The molecule has 0 amide bonds. The minimum atomic E-state index is -3.46. The van der Waals surface area contributed by atoms with Crippen LogP contribution >= 0.6 is 24.0 Å². The summed E-state index contributed by atoms with van der Waals surface area (Å²) in [6, 6.07) is 16.8. The van der Waals surface area contributed by atoms with Gasteiger partial charge in [-0.25, -0.2) is 18.1 Å². The summed E-state index contributed by atoms with van der Waals surface area (Å²) < 4.78 is 27.0. The molecule has 4 N–H and O–H groups in total. The van der Waals surface area contributed by atoms with E-state index >= 15 is 0 Å². The van der Waals surface area contributed by atoms with Crippen LogP contribution in [0.25, 0.3) is 0 Å². The molecule has 2 rings (SSSR count). The van der Waals surface area contributed by atoms with Gasteiger partial charge in [0, 0.05) is 13.1 Å². The van der Waals surface area contributed by atoms with Crippen molar-refractivity contribution < 1.29 is 8.42 Å². The lowest BCUT2D eigenvalue weighted by Crippen LogP contribution is -2.33. The number of nitrogens with two attached hydrogens (primary N) is 1. The largest absolute Gasteiger partial charge is 0.370 e. The predicted octanol–water partition coefficient (Wildman–Crippen LogP) is 2.89. The van der Waals surface area contributed by atoms with Crippen molar-refractivity contribution in [3.05, 3.63) is 65.7 Å². The Morgan fingerprint density at radius 2 is 1.68 bits per heavy atom. The number of nitrogens with zero attached hydrogens (tertiary/aromatic N) is 1. The van der Waals surface area contributed by atoms with Crippen LogP contribution in [0.3, 0.4) is 0 Å². The lowest BCUT2D eigenvalue weighted by Gasteiger charge is -2.09. The zero-order valence-electron chi connectivity index (χ0n) is 16.3. The van der Waals surface area contributed by atoms with Gasteiger partial charge in [-0.05, 0) is 35.6 Å². The van der Waals surface area contributed by atoms with Crippen LogP contribution in [0.4, 0.5) is 0 Å². The zero-order chi connectivity index (χ0) is 19.7. The maximum absolute atomic E-state index is 12.2. The molecule has 0 aliphatic rings. The van der Waals surface area contributed by atoms with Crippen molar-refractivity contribution in [3.8, 4) is 0 Å². The summed E-state index contributed by atoms with van der Waals surface area (Å²) in [5, 5.41) is 3.09. The molecule has 0 radical (unpaired) electrons. The van der Waals surface area contributed by atoms with Crippen LogP contribution in [0, 0.1) is 5.92 Å². The third kappa shape index (κ3) is 8.57. The Kier molecular flexibility index (Phi) is 10.5. The molecule has 0 fully saturated rings. The first-order valence-corrected chi connectivity index (χ1v) is 10.5. The second-order valence-corrected chi connectivity index (χ2v) is 8.52. The third-order valence-corrected chi connectivity index (χ3v) is 5.35. The van der Waals surface area contributed by atoms with Gasteiger partial charge in [-0.3, -0.25) is 0 Å². The van der Waals surface area contributed by atoms with Gasteiger partial charge in [0.1, 0.15) is 0 Å². The topological polar surface area (TPSA) is 96.6 Å². The SMILES string of the molecule is CC(C)CNS(=O)(=O)c1ccc(CN=C(N)NCCc2ccccc2)cc1.I. The minimum absolute atomic E-state index is 0. The highest BCUT2D eigenvalue weighted by atomic mass is 127. The Bertz CT molecular complexity index is 838. The molecule has 6 nitrogen and oxygen atoms in total. The van der Waals surface area contributed by atoms with Crippen LogP contribution in [0.5, 0.6) is 0 Å². The summed E-state index contributed by atoms with van der Waals surface area (Å²) in [4.78, 5) is 4.55. The lowest BCUT2D eigenvalue weighted by atomic mass is 10.1. The highest BCUT2D eigenvalue weighted by molar-refractivity contribution is 14.0. The number of benzene rings is 2. The molecule has 0 bridgehead atoms. The molecule has 28 heavy (non-hydrogen) atoms. The summed E-state index contributed by atoms with van der Waals surface area (Å²) in [5.74, 6) is 0.631. The molecule has 8 heteroatoms. The van der Waals surface area contributed by atoms with E-state index in [2.05, 4.69) is 27.2 Å². The van der Waals surface area contributed by atoms with Gasteiger partial charge in [0.15, 0.2) is 5.96 Å². The maximum Gasteiger partial charge on any atom is 0.240 e. The molecule has 0 saturated carbocycles. The normalized spacial score (nSPS) is 11.9. The van der Waals surface area contributed by atoms with Crippen molar-refractivity contribution in [1.82, 2.24) is 10.0 Å². The number of aliphatic imine (C=N–C) groups is 1. The molecule has 154 valence electrons. The average Bonchev–Trinajstić information content (AvgIpc) is 2.66. The minimum Gasteiger partial charge on any atom is -0.370 e. The molecule has 0 aromatic heterocycles. The molecule has 0 heterocycles. The molecule has 0 atom stereocenters. The van der Waals surface area contributed by atoms with Crippen LogP contribution in [-0.2, 0) is 23.0 Å². The van der Waals surface area contributed by atoms with Gasteiger partial charge >= 0.3 is 0 Å². The third-order valence-electron chi connectivity index (χ3n) is 3.91. The van der Waals surface area contributed by atoms with Crippen molar-refractivity contribution in [2.75, 3.05) is 13.1 Å². The van der Waals surface area contributed by atoms with Crippen molar-refractivity contribution in [1.29, 1.82) is 0 Å².